The molecule has 1 aromatic carbocycles. The molecular formula is C15H22N2O2. The fraction of sp³-hybridized carbons (Fsp3) is 0.533. The molecule has 0 aromatic heterocycles. The number of carboxylic acid groups (broad SMARTS) is 1. The van der Waals surface area contributed by atoms with E-state index in [1.807, 2.05) is 19.1 Å². The Balaban J connectivity index is 1.84. The first-order chi connectivity index (χ1) is 9.16. The second-order valence-electron chi connectivity index (χ2n) is 5.18. The highest BCUT2D eigenvalue weighted by atomic mass is 16.4. The molecule has 104 valence electrons. The lowest BCUT2D eigenvalue weighted by molar-refractivity contribution is 0.0698. The summed E-state index contributed by atoms with van der Waals surface area (Å²) in [6.45, 7) is 6.32. The summed E-state index contributed by atoms with van der Waals surface area (Å²) >= 11 is 0. The lowest BCUT2D eigenvalue weighted by Gasteiger charge is -2.15. The molecule has 0 saturated carbocycles. The van der Waals surface area contributed by atoms with Crippen molar-refractivity contribution in [2.75, 3.05) is 31.5 Å². The number of aryl methyl sites for hydroxylation is 1. The van der Waals surface area contributed by atoms with Gasteiger partial charge in [0.25, 0.3) is 0 Å². The number of aromatic carboxylic acids is 1. The lowest BCUT2D eigenvalue weighted by Crippen LogP contribution is -2.22. The molecule has 0 aliphatic carbocycles. The Morgan fingerprint density at radius 3 is 2.79 bits per heavy atom. The van der Waals surface area contributed by atoms with Gasteiger partial charge in [-0.1, -0.05) is 6.07 Å². The molecule has 0 unspecified atom stereocenters. The van der Waals surface area contributed by atoms with Crippen LogP contribution in [0.1, 0.15) is 35.2 Å². The largest absolute Gasteiger partial charge is 0.478 e. The summed E-state index contributed by atoms with van der Waals surface area (Å²) in [6, 6.07) is 5.40. The molecule has 1 aliphatic rings. The van der Waals surface area contributed by atoms with Crippen molar-refractivity contribution in [3.8, 4) is 0 Å². The second-order valence-corrected chi connectivity index (χ2v) is 5.18. The first kappa shape index (κ1) is 13.9. The van der Waals surface area contributed by atoms with Gasteiger partial charge in [0.05, 0.1) is 5.56 Å². The third-order valence-electron chi connectivity index (χ3n) is 3.57. The van der Waals surface area contributed by atoms with E-state index < -0.39 is 5.97 Å². The number of hydrogen-bond acceptors (Lipinski definition) is 3. The van der Waals surface area contributed by atoms with Crippen LogP contribution < -0.4 is 5.32 Å². The third kappa shape index (κ3) is 3.96. The molecule has 2 rings (SSSR count). The van der Waals surface area contributed by atoms with E-state index >= 15 is 0 Å². The maximum absolute atomic E-state index is 11.1. The van der Waals surface area contributed by atoms with Crippen molar-refractivity contribution in [2.45, 2.75) is 26.2 Å². The molecule has 2 N–H and O–H groups in total. The first-order valence-corrected chi connectivity index (χ1v) is 6.97. The van der Waals surface area contributed by atoms with Gasteiger partial charge in [-0.2, -0.15) is 0 Å². The maximum Gasteiger partial charge on any atom is 0.337 e. The lowest BCUT2D eigenvalue weighted by atomic mass is 10.1. The van der Waals surface area contributed by atoms with Crippen LogP contribution in [0.25, 0.3) is 0 Å². The summed E-state index contributed by atoms with van der Waals surface area (Å²) < 4.78 is 0. The van der Waals surface area contributed by atoms with Crippen molar-refractivity contribution in [1.29, 1.82) is 0 Å². The topological polar surface area (TPSA) is 52.6 Å². The quantitative estimate of drug-likeness (QED) is 0.774. The van der Waals surface area contributed by atoms with Crippen LogP contribution in [0.5, 0.6) is 0 Å². The molecule has 0 amide bonds. The van der Waals surface area contributed by atoms with E-state index in [0.717, 1.165) is 30.8 Å². The number of nitrogens with zero attached hydrogens (tertiary/aromatic N) is 1. The molecule has 0 radical (unpaired) electrons. The van der Waals surface area contributed by atoms with Gasteiger partial charge < -0.3 is 15.3 Å². The average molecular weight is 262 g/mol. The number of benzene rings is 1. The van der Waals surface area contributed by atoms with Gasteiger partial charge in [-0.25, -0.2) is 4.79 Å². The van der Waals surface area contributed by atoms with Gasteiger partial charge in [0, 0.05) is 12.2 Å². The van der Waals surface area contributed by atoms with Crippen LogP contribution in [0, 0.1) is 6.92 Å². The highest BCUT2D eigenvalue weighted by Crippen LogP contribution is 2.17. The second kappa shape index (κ2) is 6.57. The minimum absolute atomic E-state index is 0.353. The van der Waals surface area contributed by atoms with Gasteiger partial charge in [-0.15, -0.1) is 0 Å². The fourth-order valence-corrected chi connectivity index (χ4v) is 2.52. The van der Waals surface area contributed by atoms with Crippen LogP contribution in [-0.2, 0) is 0 Å². The Bertz CT molecular complexity index is 440. The summed E-state index contributed by atoms with van der Waals surface area (Å²) in [6.07, 6.45) is 3.68. The Morgan fingerprint density at radius 2 is 2.11 bits per heavy atom. The van der Waals surface area contributed by atoms with Gasteiger partial charge in [0.1, 0.15) is 0 Å². The van der Waals surface area contributed by atoms with Crippen LogP contribution in [0.4, 0.5) is 5.69 Å². The van der Waals surface area contributed by atoms with Gasteiger partial charge in [-0.05, 0) is 63.5 Å². The number of rotatable bonds is 6. The maximum atomic E-state index is 11.1. The van der Waals surface area contributed by atoms with E-state index in [9.17, 15) is 4.79 Å². The summed E-state index contributed by atoms with van der Waals surface area (Å²) in [5.41, 5.74) is 2.16. The van der Waals surface area contributed by atoms with Crippen molar-refractivity contribution >= 4 is 11.7 Å². The van der Waals surface area contributed by atoms with Crippen LogP contribution in [-0.4, -0.2) is 42.2 Å². The minimum atomic E-state index is -0.873. The molecule has 1 saturated heterocycles. The third-order valence-corrected chi connectivity index (χ3v) is 3.57. The number of likely N-dealkylation sites (tertiary alicyclic amines) is 1. The zero-order valence-electron chi connectivity index (χ0n) is 11.5. The van der Waals surface area contributed by atoms with Crippen molar-refractivity contribution in [3.63, 3.8) is 0 Å². The van der Waals surface area contributed by atoms with Gasteiger partial charge in [0.15, 0.2) is 0 Å². The summed E-state index contributed by atoms with van der Waals surface area (Å²) in [5.74, 6) is -0.873. The van der Waals surface area contributed by atoms with Crippen molar-refractivity contribution in [2.24, 2.45) is 0 Å². The molecule has 1 heterocycles. The van der Waals surface area contributed by atoms with Crippen LogP contribution in [0.3, 0.4) is 0 Å². The first-order valence-electron chi connectivity index (χ1n) is 6.97. The Labute approximate surface area is 114 Å². The van der Waals surface area contributed by atoms with E-state index in [2.05, 4.69) is 10.2 Å². The average Bonchev–Trinajstić information content (AvgIpc) is 2.87. The van der Waals surface area contributed by atoms with E-state index in [0.29, 0.717) is 5.56 Å². The van der Waals surface area contributed by atoms with Crippen LogP contribution in [0.2, 0.25) is 0 Å². The summed E-state index contributed by atoms with van der Waals surface area (Å²) in [4.78, 5) is 13.6. The smallest absolute Gasteiger partial charge is 0.337 e. The van der Waals surface area contributed by atoms with Crippen molar-refractivity contribution < 1.29 is 9.90 Å². The highest BCUT2D eigenvalue weighted by Gasteiger charge is 2.11. The SMILES string of the molecule is Cc1ccc(C(=O)O)c(NCCCN2CCCC2)c1. The van der Waals surface area contributed by atoms with Crippen molar-refractivity contribution in [3.05, 3.63) is 29.3 Å². The Morgan fingerprint density at radius 1 is 1.37 bits per heavy atom. The standard InChI is InChI=1S/C15H22N2O2/c1-12-5-6-13(15(18)19)14(11-12)16-7-4-10-17-8-2-3-9-17/h5-6,11,16H,2-4,7-10H2,1H3,(H,18,19). The number of nitrogens with one attached hydrogen (secondary N) is 1. The van der Waals surface area contributed by atoms with E-state index in [-0.39, 0.29) is 0 Å². The molecule has 0 spiro atoms. The van der Waals surface area contributed by atoms with E-state index in [1.54, 1.807) is 6.07 Å². The van der Waals surface area contributed by atoms with Crippen LogP contribution in [0.15, 0.2) is 18.2 Å². The molecule has 1 fully saturated rings. The molecule has 0 atom stereocenters. The van der Waals surface area contributed by atoms with Crippen LogP contribution >= 0.6 is 0 Å². The molecule has 19 heavy (non-hydrogen) atoms. The molecule has 0 bridgehead atoms. The monoisotopic (exact) mass is 262 g/mol. The highest BCUT2D eigenvalue weighted by molar-refractivity contribution is 5.94. The molecule has 1 aliphatic heterocycles. The van der Waals surface area contributed by atoms with E-state index in [4.69, 9.17) is 5.11 Å². The minimum Gasteiger partial charge on any atom is -0.478 e. The molecule has 4 heteroatoms. The Kier molecular flexibility index (Phi) is 4.80. The molecular weight excluding hydrogens is 240 g/mol. The predicted octanol–water partition coefficient (Wildman–Crippen LogP) is 2.59. The van der Waals surface area contributed by atoms with Crippen molar-refractivity contribution in [1.82, 2.24) is 4.90 Å². The van der Waals surface area contributed by atoms with E-state index in [1.165, 1.54) is 25.9 Å². The number of carbonyl (C=O) groups is 1. The summed E-state index contributed by atoms with van der Waals surface area (Å²) in [7, 11) is 0. The van der Waals surface area contributed by atoms with Gasteiger partial charge in [-0.3, -0.25) is 0 Å². The zero-order chi connectivity index (χ0) is 13.7. The number of anilines is 1. The number of hydrogen-bond donors (Lipinski definition) is 2. The van der Waals surface area contributed by atoms with Gasteiger partial charge in [0.2, 0.25) is 0 Å². The van der Waals surface area contributed by atoms with Gasteiger partial charge >= 0.3 is 5.97 Å². The summed E-state index contributed by atoms with van der Waals surface area (Å²) in [5, 5.41) is 12.4. The predicted molar refractivity (Wildman–Crippen MR) is 76.9 cm³/mol. The normalized spacial score (nSPS) is 15.6. The zero-order valence-corrected chi connectivity index (χ0v) is 11.5. The fourth-order valence-electron chi connectivity index (χ4n) is 2.52. The molecule has 4 nitrogen and oxygen atoms in total. The Hall–Kier alpha value is -1.55. The molecule has 1 aromatic rings. The number of carboxylic acids is 1.